The minimum absolute atomic E-state index is 0. The molecule has 23 heavy (non-hydrogen) atoms. The smallest absolute Gasteiger partial charge is 0.0768 e. The van der Waals surface area contributed by atoms with E-state index in [0.29, 0.717) is 0 Å². The maximum absolute atomic E-state index is 6.40. The second-order valence-electron chi connectivity index (χ2n) is 5.48. The molecule has 0 radical (unpaired) electrons. The molecule has 4 rings (SSSR count). The standard InChI is InChI=1S/C17H17ClN4.ClH/c1-2-21-11-12(9-20-21)17-16-7-4-8-22(16)15-6-3-5-14(18)13(15)10-19-17;/h3-9,11,17,19H,2,10H2,1H3;1H. The molecule has 0 amide bonds. The summed E-state index contributed by atoms with van der Waals surface area (Å²) in [4.78, 5) is 0. The topological polar surface area (TPSA) is 34.8 Å². The van der Waals surface area contributed by atoms with Gasteiger partial charge in [0.25, 0.3) is 0 Å². The lowest BCUT2D eigenvalue weighted by Gasteiger charge is -2.15. The molecular weight excluding hydrogens is 331 g/mol. The first-order chi connectivity index (χ1) is 10.8. The molecule has 120 valence electrons. The van der Waals surface area contributed by atoms with Crippen LogP contribution in [0.3, 0.4) is 0 Å². The number of nitrogens with one attached hydrogen (secondary N) is 1. The number of benzene rings is 1. The van der Waals surface area contributed by atoms with Gasteiger partial charge in [0.05, 0.1) is 17.9 Å². The molecule has 1 aliphatic heterocycles. The van der Waals surface area contributed by atoms with E-state index in [4.69, 9.17) is 11.6 Å². The Kier molecular flexibility index (Phi) is 4.48. The fourth-order valence-electron chi connectivity index (χ4n) is 3.10. The van der Waals surface area contributed by atoms with Crippen molar-refractivity contribution in [3.8, 4) is 5.69 Å². The van der Waals surface area contributed by atoms with E-state index in [9.17, 15) is 0 Å². The van der Waals surface area contributed by atoms with Gasteiger partial charge < -0.3 is 9.88 Å². The maximum atomic E-state index is 6.40. The highest BCUT2D eigenvalue weighted by Crippen LogP contribution is 2.32. The van der Waals surface area contributed by atoms with Crippen LogP contribution in [-0.2, 0) is 13.1 Å². The van der Waals surface area contributed by atoms with Gasteiger partial charge in [-0.05, 0) is 31.2 Å². The first kappa shape index (κ1) is 16.1. The lowest BCUT2D eigenvalue weighted by atomic mass is 10.1. The molecule has 3 heterocycles. The number of hydrogen-bond acceptors (Lipinski definition) is 2. The van der Waals surface area contributed by atoms with Crippen LogP contribution in [0.25, 0.3) is 5.69 Å². The van der Waals surface area contributed by atoms with Gasteiger partial charge in [-0.2, -0.15) is 5.10 Å². The predicted octanol–water partition coefficient (Wildman–Crippen LogP) is 3.96. The highest BCUT2D eigenvalue weighted by atomic mass is 35.5. The van der Waals surface area contributed by atoms with Gasteiger partial charge in [-0.15, -0.1) is 12.4 Å². The Bertz CT molecular complexity index is 822. The molecule has 0 bridgehead atoms. The normalized spacial score (nSPS) is 16.2. The van der Waals surface area contributed by atoms with Crippen LogP contribution in [0.4, 0.5) is 0 Å². The molecule has 1 N–H and O–H groups in total. The predicted molar refractivity (Wildman–Crippen MR) is 94.6 cm³/mol. The summed E-state index contributed by atoms with van der Waals surface area (Å²) in [7, 11) is 0. The molecular formula is C17H18Cl2N4. The van der Waals surface area contributed by atoms with Crippen molar-refractivity contribution in [2.75, 3.05) is 0 Å². The van der Waals surface area contributed by atoms with Crippen molar-refractivity contribution in [1.82, 2.24) is 19.7 Å². The third-order valence-electron chi connectivity index (χ3n) is 4.22. The zero-order chi connectivity index (χ0) is 15.1. The van der Waals surface area contributed by atoms with E-state index in [1.807, 2.05) is 23.0 Å². The van der Waals surface area contributed by atoms with Crippen molar-refractivity contribution in [2.24, 2.45) is 0 Å². The average Bonchev–Trinajstić information content (AvgIpc) is 3.16. The van der Waals surface area contributed by atoms with Crippen LogP contribution in [0.1, 0.15) is 29.8 Å². The summed E-state index contributed by atoms with van der Waals surface area (Å²) >= 11 is 6.40. The van der Waals surface area contributed by atoms with Crippen molar-refractivity contribution in [1.29, 1.82) is 0 Å². The van der Waals surface area contributed by atoms with Gasteiger partial charge in [-0.25, -0.2) is 0 Å². The van der Waals surface area contributed by atoms with Crippen molar-refractivity contribution in [3.05, 3.63) is 70.8 Å². The minimum Gasteiger partial charge on any atom is -0.319 e. The Morgan fingerprint density at radius 2 is 2.17 bits per heavy atom. The summed E-state index contributed by atoms with van der Waals surface area (Å²) in [5.74, 6) is 0. The lowest BCUT2D eigenvalue weighted by Crippen LogP contribution is -2.21. The third kappa shape index (κ3) is 2.67. The SMILES string of the molecule is CCn1cc(C2NCc3c(Cl)cccc3-n3cccc32)cn1.Cl. The van der Waals surface area contributed by atoms with Crippen molar-refractivity contribution in [2.45, 2.75) is 26.1 Å². The van der Waals surface area contributed by atoms with Crippen molar-refractivity contribution >= 4 is 24.0 Å². The summed E-state index contributed by atoms with van der Waals surface area (Å²) in [6.45, 7) is 3.70. The first-order valence-electron chi connectivity index (χ1n) is 7.48. The second-order valence-corrected chi connectivity index (χ2v) is 5.89. The van der Waals surface area contributed by atoms with Gasteiger partial charge in [-0.1, -0.05) is 17.7 Å². The Morgan fingerprint density at radius 3 is 2.96 bits per heavy atom. The lowest BCUT2D eigenvalue weighted by molar-refractivity contribution is 0.598. The zero-order valence-corrected chi connectivity index (χ0v) is 14.3. The molecule has 6 heteroatoms. The van der Waals surface area contributed by atoms with Gasteiger partial charge in [0.2, 0.25) is 0 Å². The van der Waals surface area contributed by atoms with Gasteiger partial charge in [0.1, 0.15) is 0 Å². The Morgan fingerprint density at radius 1 is 1.30 bits per heavy atom. The molecule has 4 nitrogen and oxygen atoms in total. The van der Waals surface area contributed by atoms with E-state index >= 15 is 0 Å². The van der Waals surface area contributed by atoms with Crippen LogP contribution in [0.15, 0.2) is 48.9 Å². The van der Waals surface area contributed by atoms with Gasteiger partial charge in [0, 0.05) is 47.3 Å². The Labute approximate surface area is 146 Å². The summed E-state index contributed by atoms with van der Waals surface area (Å²) in [5.41, 5.74) is 4.65. The van der Waals surface area contributed by atoms with Crippen LogP contribution < -0.4 is 5.32 Å². The summed E-state index contributed by atoms with van der Waals surface area (Å²) < 4.78 is 4.17. The van der Waals surface area contributed by atoms with Crippen LogP contribution in [-0.4, -0.2) is 14.3 Å². The number of hydrogen-bond donors (Lipinski definition) is 1. The summed E-state index contributed by atoms with van der Waals surface area (Å²) in [6.07, 6.45) is 6.14. The van der Waals surface area contributed by atoms with E-state index in [1.54, 1.807) is 0 Å². The number of nitrogens with zero attached hydrogens (tertiary/aromatic N) is 3. The number of aromatic nitrogens is 3. The third-order valence-corrected chi connectivity index (χ3v) is 4.58. The van der Waals surface area contributed by atoms with Gasteiger partial charge in [-0.3, -0.25) is 4.68 Å². The van der Waals surface area contributed by atoms with E-state index in [-0.39, 0.29) is 18.4 Å². The number of fused-ring (bicyclic) bond motifs is 3. The maximum Gasteiger partial charge on any atom is 0.0768 e. The van der Waals surface area contributed by atoms with E-state index in [1.165, 1.54) is 11.3 Å². The van der Waals surface area contributed by atoms with Gasteiger partial charge >= 0.3 is 0 Å². The molecule has 3 aromatic rings. The van der Waals surface area contributed by atoms with Crippen LogP contribution in [0, 0.1) is 0 Å². The highest BCUT2D eigenvalue weighted by Gasteiger charge is 2.24. The molecule has 0 saturated carbocycles. The molecule has 1 atom stereocenters. The van der Waals surface area contributed by atoms with E-state index in [2.05, 4.69) is 52.5 Å². The minimum atomic E-state index is 0. The second kappa shape index (κ2) is 6.40. The molecule has 1 unspecified atom stereocenters. The Hall–Kier alpha value is -1.75. The quantitative estimate of drug-likeness (QED) is 0.760. The van der Waals surface area contributed by atoms with Crippen LogP contribution in [0.2, 0.25) is 5.02 Å². The number of aryl methyl sites for hydroxylation is 1. The zero-order valence-electron chi connectivity index (χ0n) is 12.7. The molecule has 2 aromatic heterocycles. The molecule has 1 aromatic carbocycles. The summed E-state index contributed by atoms with van der Waals surface area (Å²) in [6, 6.07) is 10.4. The molecule has 0 spiro atoms. The van der Waals surface area contributed by atoms with Crippen molar-refractivity contribution < 1.29 is 0 Å². The average molecular weight is 349 g/mol. The fraction of sp³-hybridized carbons (Fsp3) is 0.235. The largest absolute Gasteiger partial charge is 0.319 e. The number of rotatable bonds is 2. The molecule has 0 fully saturated rings. The Balaban J connectivity index is 0.00000156. The molecule has 1 aliphatic rings. The van der Waals surface area contributed by atoms with E-state index in [0.717, 1.165) is 29.4 Å². The van der Waals surface area contributed by atoms with Crippen LogP contribution >= 0.6 is 24.0 Å². The first-order valence-corrected chi connectivity index (χ1v) is 7.86. The number of halogens is 2. The highest BCUT2D eigenvalue weighted by molar-refractivity contribution is 6.31. The molecule has 0 aliphatic carbocycles. The van der Waals surface area contributed by atoms with Gasteiger partial charge in [0.15, 0.2) is 0 Å². The van der Waals surface area contributed by atoms with Crippen molar-refractivity contribution in [3.63, 3.8) is 0 Å². The fourth-order valence-corrected chi connectivity index (χ4v) is 3.33. The van der Waals surface area contributed by atoms with Crippen LogP contribution in [0.5, 0.6) is 0 Å². The molecule has 0 saturated heterocycles. The summed E-state index contributed by atoms with van der Waals surface area (Å²) in [5, 5.41) is 8.82. The van der Waals surface area contributed by atoms with E-state index < -0.39 is 0 Å². The monoisotopic (exact) mass is 348 g/mol.